The van der Waals surface area contributed by atoms with Crippen molar-refractivity contribution in [2.75, 3.05) is 13.2 Å². The van der Waals surface area contributed by atoms with Gasteiger partial charge in [-0.15, -0.1) is 0 Å². The Hall–Kier alpha value is -1.98. The van der Waals surface area contributed by atoms with E-state index in [4.69, 9.17) is 4.74 Å². The van der Waals surface area contributed by atoms with Crippen molar-refractivity contribution in [3.63, 3.8) is 0 Å². The zero-order valence-electron chi connectivity index (χ0n) is 10.5. The predicted octanol–water partition coefficient (Wildman–Crippen LogP) is 2.04. The van der Waals surface area contributed by atoms with E-state index in [0.29, 0.717) is 0 Å². The highest BCUT2D eigenvalue weighted by molar-refractivity contribution is 5.96. The molecule has 0 aliphatic heterocycles. The lowest BCUT2D eigenvalue weighted by Gasteiger charge is -2.07. The van der Waals surface area contributed by atoms with Gasteiger partial charge in [0.25, 0.3) is 5.91 Å². The molecule has 19 heavy (non-hydrogen) atoms. The van der Waals surface area contributed by atoms with Crippen LogP contribution in [-0.2, 0) is 9.53 Å². The second-order valence-electron chi connectivity index (χ2n) is 3.85. The standard InChI is InChI=1S/C13H15F2NO3/c1-2-3-7-19-11(17)8-16-13(18)12-9(14)5-4-6-10(12)15/h4-6H,2-3,7-8H2,1H3,(H,16,18). The molecule has 0 saturated heterocycles. The number of carbonyl (C=O) groups is 2. The number of rotatable bonds is 6. The van der Waals surface area contributed by atoms with Crippen LogP contribution in [0.4, 0.5) is 8.78 Å². The van der Waals surface area contributed by atoms with Crippen molar-refractivity contribution in [3.8, 4) is 0 Å². The number of esters is 1. The van der Waals surface area contributed by atoms with Crippen molar-refractivity contribution in [2.24, 2.45) is 0 Å². The summed E-state index contributed by atoms with van der Waals surface area (Å²) in [6.45, 7) is 1.78. The smallest absolute Gasteiger partial charge is 0.325 e. The molecule has 1 N–H and O–H groups in total. The fourth-order valence-electron chi connectivity index (χ4n) is 1.34. The lowest BCUT2D eigenvalue weighted by molar-refractivity contribution is -0.142. The second-order valence-corrected chi connectivity index (χ2v) is 3.85. The third-order valence-electron chi connectivity index (χ3n) is 2.34. The Bertz CT molecular complexity index is 443. The number of unbranched alkanes of at least 4 members (excludes halogenated alkanes) is 1. The van der Waals surface area contributed by atoms with Crippen molar-refractivity contribution >= 4 is 11.9 Å². The van der Waals surface area contributed by atoms with Gasteiger partial charge in [0.2, 0.25) is 0 Å². The lowest BCUT2D eigenvalue weighted by atomic mass is 10.2. The highest BCUT2D eigenvalue weighted by Crippen LogP contribution is 2.11. The SMILES string of the molecule is CCCCOC(=O)CNC(=O)c1c(F)cccc1F. The molecule has 0 aromatic heterocycles. The van der Waals surface area contributed by atoms with Gasteiger partial charge in [-0.05, 0) is 18.6 Å². The zero-order valence-corrected chi connectivity index (χ0v) is 10.5. The fraction of sp³-hybridized carbons (Fsp3) is 0.385. The van der Waals surface area contributed by atoms with Gasteiger partial charge in [-0.3, -0.25) is 9.59 Å². The van der Waals surface area contributed by atoms with E-state index in [9.17, 15) is 18.4 Å². The minimum absolute atomic E-state index is 0.263. The molecule has 1 rings (SSSR count). The summed E-state index contributed by atoms with van der Waals surface area (Å²) < 4.78 is 31.3. The van der Waals surface area contributed by atoms with Gasteiger partial charge in [-0.2, -0.15) is 0 Å². The molecular weight excluding hydrogens is 256 g/mol. The summed E-state index contributed by atoms with van der Waals surface area (Å²) in [5.74, 6) is -3.57. The summed E-state index contributed by atoms with van der Waals surface area (Å²) >= 11 is 0. The molecule has 0 spiro atoms. The first-order chi connectivity index (χ1) is 9.06. The van der Waals surface area contributed by atoms with Gasteiger partial charge in [0.15, 0.2) is 0 Å². The van der Waals surface area contributed by atoms with Crippen LogP contribution in [0.2, 0.25) is 0 Å². The first-order valence-electron chi connectivity index (χ1n) is 5.94. The fourth-order valence-corrected chi connectivity index (χ4v) is 1.34. The Labute approximate surface area is 109 Å². The maximum absolute atomic E-state index is 13.3. The predicted molar refractivity (Wildman–Crippen MR) is 64.6 cm³/mol. The van der Waals surface area contributed by atoms with E-state index in [1.54, 1.807) is 0 Å². The van der Waals surface area contributed by atoms with E-state index in [-0.39, 0.29) is 6.61 Å². The summed E-state index contributed by atoms with van der Waals surface area (Å²) in [5, 5.41) is 2.11. The number of ether oxygens (including phenoxy) is 1. The largest absolute Gasteiger partial charge is 0.464 e. The van der Waals surface area contributed by atoms with Gasteiger partial charge in [-0.25, -0.2) is 8.78 Å². The summed E-state index contributed by atoms with van der Waals surface area (Å²) in [7, 11) is 0. The van der Waals surface area contributed by atoms with E-state index < -0.39 is 35.6 Å². The van der Waals surface area contributed by atoms with E-state index in [1.807, 2.05) is 6.92 Å². The number of amides is 1. The molecule has 0 bridgehead atoms. The van der Waals surface area contributed by atoms with Crippen LogP contribution in [0.15, 0.2) is 18.2 Å². The maximum atomic E-state index is 13.3. The highest BCUT2D eigenvalue weighted by atomic mass is 19.1. The van der Waals surface area contributed by atoms with E-state index in [0.717, 1.165) is 31.0 Å². The average Bonchev–Trinajstić information content (AvgIpc) is 2.36. The average molecular weight is 271 g/mol. The molecule has 4 nitrogen and oxygen atoms in total. The van der Waals surface area contributed by atoms with Crippen LogP contribution in [0.25, 0.3) is 0 Å². The first kappa shape index (κ1) is 15.1. The molecule has 0 atom stereocenters. The number of halogens is 2. The number of benzene rings is 1. The molecule has 0 unspecified atom stereocenters. The van der Waals surface area contributed by atoms with Crippen molar-refractivity contribution < 1.29 is 23.1 Å². The zero-order chi connectivity index (χ0) is 14.3. The van der Waals surface area contributed by atoms with Crippen LogP contribution < -0.4 is 5.32 Å². The Balaban J connectivity index is 2.49. The van der Waals surface area contributed by atoms with Crippen molar-refractivity contribution in [1.82, 2.24) is 5.32 Å². The molecule has 0 heterocycles. The molecule has 0 aliphatic carbocycles. The van der Waals surface area contributed by atoms with Gasteiger partial charge >= 0.3 is 5.97 Å². The molecular formula is C13H15F2NO3. The summed E-state index contributed by atoms with van der Waals surface area (Å²) in [4.78, 5) is 22.7. The summed E-state index contributed by atoms with van der Waals surface area (Å²) in [6.07, 6.45) is 1.60. The Kier molecular flexibility index (Phi) is 5.92. The van der Waals surface area contributed by atoms with Gasteiger partial charge in [0.05, 0.1) is 6.61 Å². The normalized spacial score (nSPS) is 10.1. The monoisotopic (exact) mass is 271 g/mol. The molecule has 0 radical (unpaired) electrons. The Morgan fingerprint density at radius 1 is 1.26 bits per heavy atom. The molecule has 1 aromatic carbocycles. The third kappa shape index (κ3) is 4.65. The number of nitrogens with one attached hydrogen (secondary N) is 1. The molecule has 1 aromatic rings. The minimum Gasteiger partial charge on any atom is -0.464 e. The van der Waals surface area contributed by atoms with Crippen LogP contribution in [0, 0.1) is 11.6 Å². The molecule has 6 heteroatoms. The van der Waals surface area contributed by atoms with Crippen LogP contribution in [-0.4, -0.2) is 25.0 Å². The Morgan fingerprint density at radius 2 is 1.89 bits per heavy atom. The quantitative estimate of drug-likeness (QED) is 0.636. The van der Waals surface area contributed by atoms with E-state index in [2.05, 4.69) is 5.32 Å². The number of hydrogen-bond donors (Lipinski definition) is 1. The molecule has 104 valence electrons. The topological polar surface area (TPSA) is 55.4 Å². The first-order valence-corrected chi connectivity index (χ1v) is 5.94. The van der Waals surface area contributed by atoms with Crippen LogP contribution in [0.5, 0.6) is 0 Å². The highest BCUT2D eigenvalue weighted by Gasteiger charge is 2.17. The lowest BCUT2D eigenvalue weighted by Crippen LogP contribution is -2.32. The van der Waals surface area contributed by atoms with Gasteiger partial charge in [-0.1, -0.05) is 19.4 Å². The molecule has 0 fully saturated rings. The number of carbonyl (C=O) groups excluding carboxylic acids is 2. The van der Waals surface area contributed by atoms with Crippen molar-refractivity contribution in [1.29, 1.82) is 0 Å². The second kappa shape index (κ2) is 7.45. The molecule has 0 aliphatic rings. The maximum Gasteiger partial charge on any atom is 0.325 e. The van der Waals surface area contributed by atoms with Crippen LogP contribution >= 0.6 is 0 Å². The van der Waals surface area contributed by atoms with Crippen molar-refractivity contribution in [2.45, 2.75) is 19.8 Å². The third-order valence-corrected chi connectivity index (χ3v) is 2.34. The molecule has 0 saturated carbocycles. The summed E-state index contributed by atoms with van der Waals surface area (Å²) in [6, 6.07) is 3.09. The molecule has 1 amide bonds. The van der Waals surface area contributed by atoms with Gasteiger partial charge in [0, 0.05) is 0 Å². The Morgan fingerprint density at radius 3 is 2.47 bits per heavy atom. The minimum atomic E-state index is -0.983. The van der Waals surface area contributed by atoms with E-state index in [1.165, 1.54) is 0 Å². The van der Waals surface area contributed by atoms with Gasteiger partial charge < -0.3 is 10.1 Å². The summed E-state index contributed by atoms with van der Waals surface area (Å²) in [5.41, 5.74) is -0.705. The van der Waals surface area contributed by atoms with Crippen LogP contribution in [0.1, 0.15) is 30.1 Å². The van der Waals surface area contributed by atoms with Crippen LogP contribution in [0.3, 0.4) is 0 Å². The van der Waals surface area contributed by atoms with Gasteiger partial charge in [0.1, 0.15) is 23.7 Å². The number of hydrogen-bond acceptors (Lipinski definition) is 3. The van der Waals surface area contributed by atoms with Crippen molar-refractivity contribution in [3.05, 3.63) is 35.4 Å². The van der Waals surface area contributed by atoms with E-state index >= 15 is 0 Å².